The third kappa shape index (κ3) is 2.07. The average molecular weight is 261 g/mol. The average Bonchev–Trinajstić information content (AvgIpc) is 2.11. The lowest BCUT2D eigenvalue weighted by Gasteiger charge is -2.09. The van der Waals surface area contributed by atoms with Crippen LogP contribution in [0.5, 0.6) is 0 Å². The third-order valence-electron chi connectivity index (χ3n) is 1.94. The number of nitrogens with zero attached hydrogens (tertiary/aromatic N) is 2. The molecule has 0 aliphatic carbocycles. The van der Waals surface area contributed by atoms with Crippen LogP contribution in [0.3, 0.4) is 0 Å². The fourth-order valence-electron chi connectivity index (χ4n) is 1.13. The summed E-state index contributed by atoms with van der Waals surface area (Å²) in [5.74, 6) is 0. The summed E-state index contributed by atoms with van der Waals surface area (Å²) in [7, 11) is 0. The molecule has 0 radical (unpaired) electrons. The number of hydrogen-bond donors (Lipinski definition) is 0. The van der Waals surface area contributed by atoms with Crippen molar-refractivity contribution in [1.82, 2.24) is 4.98 Å². The monoisotopic (exact) mass is 260 g/mol. The Labute approximate surface area is 88.7 Å². The fourth-order valence-corrected chi connectivity index (χ4v) is 1.67. The van der Waals surface area contributed by atoms with Crippen LogP contribution in [0.15, 0.2) is 10.8 Å². The molecule has 0 unspecified atom stereocenters. The van der Waals surface area contributed by atoms with Gasteiger partial charge in [0, 0.05) is 17.3 Å². The van der Waals surface area contributed by atoms with E-state index < -0.39 is 6.43 Å². The van der Waals surface area contributed by atoms with E-state index in [4.69, 9.17) is 5.26 Å². The highest BCUT2D eigenvalue weighted by atomic mass is 79.9. The van der Waals surface area contributed by atoms with Crippen molar-refractivity contribution in [1.29, 1.82) is 5.26 Å². The van der Waals surface area contributed by atoms with Crippen molar-refractivity contribution in [3.05, 3.63) is 27.5 Å². The van der Waals surface area contributed by atoms with Crippen molar-refractivity contribution in [3.8, 4) is 6.07 Å². The quantitative estimate of drug-likeness (QED) is 0.766. The Morgan fingerprint density at radius 3 is 2.79 bits per heavy atom. The second-order valence-corrected chi connectivity index (χ2v) is 3.49. The molecular formula is C9H7BrF2N2. The van der Waals surface area contributed by atoms with Crippen LogP contribution in [0.1, 0.15) is 23.1 Å². The van der Waals surface area contributed by atoms with Gasteiger partial charge in [0.15, 0.2) is 0 Å². The van der Waals surface area contributed by atoms with Crippen LogP contribution in [-0.4, -0.2) is 4.98 Å². The van der Waals surface area contributed by atoms with Gasteiger partial charge < -0.3 is 0 Å². The summed E-state index contributed by atoms with van der Waals surface area (Å²) in [6.07, 6.45) is -1.33. The zero-order chi connectivity index (χ0) is 10.7. The van der Waals surface area contributed by atoms with Gasteiger partial charge in [-0.25, -0.2) is 13.8 Å². The molecule has 0 fully saturated rings. The second kappa shape index (κ2) is 4.47. The Bertz CT molecular complexity index is 385. The molecule has 0 aliphatic heterocycles. The molecule has 0 saturated carbocycles. The van der Waals surface area contributed by atoms with E-state index in [1.807, 2.05) is 6.07 Å². The lowest BCUT2D eigenvalue weighted by atomic mass is 10.0. The molecule has 14 heavy (non-hydrogen) atoms. The van der Waals surface area contributed by atoms with Gasteiger partial charge in [-0.2, -0.15) is 5.26 Å². The van der Waals surface area contributed by atoms with Crippen molar-refractivity contribution in [2.75, 3.05) is 0 Å². The Balaban J connectivity index is 3.27. The number of aromatic nitrogens is 1. The summed E-state index contributed by atoms with van der Waals surface area (Å²) in [6, 6.07) is 1.92. The molecule has 1 rings (SSSR count). The van der Waals surface area contributed by atoms with Gasteiger partial charge in [-0.3, -0.25) is 0 Å². The summed E-state index contributed by atoms with van der Waals surface area (Å²) in [6.45, 7) is 1.57. The molecule has 5 heteroatoms. The Kier molecular flexibility index (Phi) is 3.53. The lowest BCUT2D eigenvalue weighted by molar-refractivity contribution is 0.150. The zero-order valence-electron chi connectivity index (χ0n) is 7.39. The maximum absolute atomic E-state index is 12.4. The summed E-state index contributed by atoms with van der Waals surface area (Å²) in [4.78, 5) is 3.77. The van der Waals surface area contributed by atoms with Crippen molar-refractivity contribution < 1.29 is 8.78 Å². The van der Waals surface area contributed by atoms with Crippen molar-refractivity contribution in [3.63, 3.8) is 0 Å². The van der Waals surface area contributed by atoms with Gasteiger partial charge in [0.1, 0.15) is 4.60 Å². The molecule has 1 heterocycles. The molecule has 0 spiro atoms. The summed E-state index contributed by atoms with van der Waals surface area (Å²) in [5, 5.41) is 8.51. The number of alkyl halides is 2. The number of pyridine rings is 1. The fraction of sp³-hybridized carbons (Fsp3) is 0.333. The summed E-state index contributed by atoms with van der Waals surface area (Å²) < 4.78 is 25.3. The van der Waals surface area contributed by atoms with Crippen LogP contribution >= 0.6 is 15.9 Å². The molecule has 0 saturated heterocycles. The highest BCUT2D eigenvalue weighted by molar-refractivity contribution is 9.10. The maximum atomic E-state index is 12.4. The van der Waals surface area contributed by atoms with Crippen molar-refractivity contribution >= 4 is 15.9 Å². The highest BCUT2D eigenvalue weighted by Crippen LogP contribution is 2.27. The van der Waals surface area contributed by atoms with Gasteiger partial charge in [0.25, 0.3) is 6.43 Å². The SMILES string of the molecule is Cc1c(C(F)F)cnc(Br)c1CC#N. The van der Waals surface area contributed by atoms with Gasteiger partial charge in [0.05, 0.1) is 12.5 Å². The van der Waals surface area contributed by atoms with Gasteiger partial charge in [-0.15, -0.1) is 0 Å². The first-order valence-corrected chi connectivity index (χ1v) is 4.66. The van der Waals surface area contributed by atoms with Crippen LogP contribution in [0, 0.1) is 18.3 Å². The van der Waals surface area contributed by atoms with Crippen LogP contribution in [0.4, 0.5) is 8.78 Å². The molecule has 0 N–H and O–H groups in total. The topological polar surface area (TPSA) is 36.7 Å². The van der Waals surface area contributed by atoms with E-state index in [1.54, 1.807) is 6.92 Å². The molecule has 1 aromatic rings. The molecule has 0 bridgehead atoms. The van der Waals surface area contributed by atoms with Crippen LogP contribution in [-0.2, 0) is 6.42 Å². The van der Waals surface area contributed by atoms with Crippen LogP contribution in [0.2, 0.25) is 0 Å². The molecule has 1 aromatic heterocycles. The van der Waals surface area contributed by atoms with Crippen LogP contribution < -0.4 is 0 Å². The van der Waals surface area contributed by atoms with E-state index in [1.165, 1.54) is 0 Å². The Morgan fingerprint density at radius 2 is 2.29 bits per heavy atom. The van der Waals surface area contributed by atoms with E-state index in [0.717, 1.165) is 6.20 Å². The number of nitriles is 1. The predicted octanol–water partition coefficient (Wildman–Crippen LogP) is 3.16. The largest absolute Gasteiger partial charge is 0.265 e. The second-order valence-electron chi connectivity index (χ2n) is 2.74. The predicted molar refractivity (Wildman–Crippen MR) is 50.9 cm³/mol. The highest BCUT2D eigenvalue weighted by Gasteiger charge is 2.15. The van der Waals surface area contributed by atoms with Gasteiger partial charge in [-0.05, 0) is 28.4 Å². The molecule has 0 aromatic carbocycles. The normalized spacial score (nSPS) is 10.3. The smallest absolute Gasteiger partial charge is 0.249 e. The van der Waals surface area contributed by atoms with E-state index in [9.17, 15) is 8.78 Å². The first-order chi connectivity index (χ1) is 6.57. The first kappa shape index (κ1) is 11.1. The van der Waals surface area contributed by atoms with E-state index in [0.29, 0.717) is 15.7 Å². The minimum atomic E-state index is -2.55. The van der Waals surface area contributed by atoms with E-state index in [-0.39, 0.29) is 12.0 Å². The minimum Gasteiger partial charge on any atom is -0.249 e. The van der Waals surface area contributed by atoms with E-state index >= 15 is 0 Å². The Hall–Kier alpha value is -1.02. The lowest BCUT2D eigenvalue weighted by Crippen LogP contribution is -1.99. The zero-order valence-corrected chi connectivity index (χ0v) is 8.98. The van der Waals surface area contributed by atoms with Crippen molar-refractivity contribution in [2.45, 2.75) is 19.8 Å². The van der Waals surface area contributed by atoms with Crippen molar-refractivity contribution in [2.24, 2.45) is 0 Å². The molecule has 74 valence electrons. The van der Waals surface area contributed by atoms with Crippen LogP contribution in [0.25, 0.3) is 0 Å². The molecule has 0 amide bonds. The summed E-state index contributed by atoms with van der Waals surface area (Å²) in [5.41, 5.74) is 0.854. The van der Waals surface area contributed by atoms with Gasteiger partial charge in [-0.1, -0.05) is 0 Å². The maximum Gasteiger partial charge on any atom is 0.265 e. The first-order valence-electron chi connectivity index (χ1n) is 3.87. The number of rotatable bonds is 2. The Morgan fingerprint density at radius 1 is 1.64 bits per heavy atom. The third-order valence-corrected chi connectivity index (χ3v) is 2.63. The standard InChI is InChI=1S/C9H7BrF2N2/c1-5-6(2-3-13)8(10)14-4-7(5)9(11)12/h4,9H,2H2,1H3. The molecule has 2 nitrogen and oxygen atoms in total. The number of halogens is 3. The van der Waals surface area contributed by atoms with Gasteiger partial charge >= 0.3 is 0 Å². The van der Waals surface area contributed by atoms with Gasteiger partial charge in [0.2, 0.25) is 0 Å². The van der Waals surface area contributed by atoms with E-state index in [2.05, 4.69) is 20.9 Å². The summed E-state index contributed by atoms with van der Waals surface area (Å²) >= 11 is 3.12. The molecular weight excluding hydrogens is 254 g/mol. The number of hydrogen-bond acceptors (Lipinski definition) is 2. The molecule has 0 atom stereocenters. The minimum absolute atomic E-state index is 0.0833. The molecule has 0 aliphatic rings.